The first-order valence-electron chi connectivity index (χ1n) is 7.20. The molecule has 20 heavy (non-hydrogen) atoms. The van der Waals surface area contributed by atoms with Gasteiger partial charge in [0.1, 0.15) is 0 Å². The van der Waals surface area contributed by atoms with Crippen molar-refractivity contribution in [1.29, 1.82) is 0 Å². The molecule has 0 aromatic carbocycles. The zero-order valence-corrected chi connectivity index (χ0v) is 13.6. The second-order valence-electron chi connectivity index (χ2n) is 5.43. The van der Waals surface area contributed by atoms with Gasteiger partial charge in [-0.15, -0.1) is 0 Å². The van der Waals surface area contributed by atoms with Crippen molar-refractivity contribution in [2.75, 3.05) is 0 Å². The summed E-state index contributed by atoms with van der Waals surface area (Å²) in [5, 5.41) is 17.0. The Bertz CT molecular complexity index is 479. The fourth-order valence-corrected chi connectivity index (χ4v) is 3.25. The number of nitrogens with zero attached hydrogens (tertiary/aromatic N) is 2. The van der Waals surface area contributed by atoms with Crippen molar-refractivity contribution in [1.82, 2.24) is 15.1 Å². The second-order valence-corrected chi connectivity index (χ2v) is 6.22. The van der Waals surface area contributed by atoms with Crippen LogP contribution in [0.4, 0.5) is 0 Å². The molecule has 0 atom stereocenters. The number of carboxylic acid groups (broad SMARTS) is 1. The van der Waals surface area contributed by atoms with Crippen molar-refractivity contribution in [3.8, 4) is 0 Å². The first kappa shape index (κ1) is 15.5. The number of rotatable bonds is 5. The molecule has 0 bridgehead atoms. The molecule has 2 rings (SSSR count). The summed E-state index contributed by atoms with van der Waals surface area (Å²) in [6, 6.07) is 0.415. The maximum Gasteiger partial charge on any atom is 0.306 e. The molecule has 112 valence electrons. The highest BCUT2D eigenvalue weighted by Crippen LogP contribution is 2.26. The molecule has 1 aliphatic rings. The van der Waals surface area contributed by atoms with Crippen LogP contribution in [-0.4, -0.2) is 26.9 Å². The van der Waals surface area contributed by atoms with Gasteiger partial charge in [-0.1, -0.05) is 0 Å². The molecule has 1 aliphatic carbocycles. The average Bonchev–Trinajstić information content (AvgIpc) is 2.72. The van der Waals surface area contributed by atoms with Crippen LogP contribution in [0.1, 0.15) is 44.0 Å². The Balaban J connectivity index is 1.89. The van der Waals surface area contributed by atoms with Crippen LogP contribution in [-0.2, 0) is 17.9 Å². The topological polar surface area (TPSA) is 67.2 Å². The molecule has 1 aromatic rings. The van der Waals surface area contributed by atoms with Crippen LogP contribution in [0.15, 0.2) is 4.47 Å². The molecule has 5 nitrogen and oxygen atoms in total. The summed E-state index contributed by atoms with van der Waals surface area (Å²) in [6.07, 6.45) is 3.43. The lowest BCUT2D eigenvalue weighted by Gasteiger charge is -2.27. The summed E-state index contributed by atoms with van der Waals surface area (Å²) in [5.41, 5.74) is 2.18. The lowest BCUT2D eigenvalue weighted by Crippen LogP contribution is -2.35. The molecule has 0 amide bonds. The summed E-state index contributed by atoms with van der Waals surface area (Å²) in [7, 11) is 0. The Kier molecular flexibility index (Phi) is 5.21. The number of carboxylic acids is 1. The van der Waals surface area contributed by atoms with E-state index < -0.39 is 5.97 Å². The van der Waals surface area contributed by atoms with E-state index in [0.717, 1.165) is 48.9 Å². The van der Waals surface area contributed by atoms with E-state index in [-0.39, 0.29) is 5.92 Å². The number of hydrogen-bond donors (Lipinski definition) is 2. The van der Waals surface area contributed by atoms with E-state index >= 15 is 0 Å². The normalized spacial score (nSPS) is 22.9. The van der Waals surface area contributed by atoms with Gasteiger partial charge in [-0.05, 0) is 55.5 Å². The molecule has 2 N–H and O–H groups in total. The lowest BCUT2D eigenvalue weighted by atomic mass is 9.86. The zero-order chi connectivity index (χ0) is 14.7. The molecule has 0 aliphatic heterocycles. The fraction of sp³-hybridized carbons (Fsp3) is 0.714. The highest BCUT2D eigenvalue weighted by atomic mass is 79.9. The molecule has 0 saturated heterocycles. The van der Waals surface area contributed by atoms with Crippen molar-refractivity contribution in [2.45, 2.75) is 58.7 Å². The largest absolute Gasteiger partial charge is 0.481 e. The van der Waals surface area contributed by atoms with E-state index in [2.05, 4.69) is 33.3 Å². The molecule has 1 aromatic heterocycles. The predicted molar refractivity (Wildman–Crippen MR) is 80.6 cm³/mol. The lowest BCUT2D eigenvalue weighted by molar-refractivity contribution is -0.142. The van der Waals surface area contributed by atoms with Gasteiger partial charge in [0.25, 0.3) is 0 Å². The van der Waals surface area contributed by atoms with E-state index in [0.29, 0.717) is 6.04 Å². The molecule has 1 heterocycles. The van der Waals surface area contributed by atoms with Crippen LogP contribution < -0.4 is 5.32 Å². The first-order valence-corrected chi connectivity index (χ1v) is 8.00. The zero-order valence-electron chi connectivity index (χ0n) is 12.0. The van der Waals surface area contributed by atoms with Gasteiger partial charge in [0.15, 0.2) is 0 Å². The van der Waals surface area contributed by atoms with Gasteiger partial charge in [-0.25, -0.2) is 0 Å². The van der Waals surface area contributed by atoms with Gasteiger partial charge in [-0.3, -0.25) is 9.48 Å². The van der Waals surface area contributed by atoms with Crippen molar-refractivity contribution in [2.24, 2.45) is 5.92 Å². The Hall–Kier alpha value is -0.880. The smallest absolute Gasteiger partial charge is 0.306 e. The Labute approximate surface area is 127 Å². The van der Waals surface area contributed by atoms with Crippen molar-refractivity contribution >= 4 is 21.9 Å². The molecular formula is C14H22BrN3O2. The van der Waals surface area contributed by atoms with Crippen LogP contribution in [0.3, 0.4) is 0 Å². The van der Waals surface area contributed by atoms with Crippen LogP contribution in [0.5, 0.6) is 0 Å². The Morgan fingerprint density at radius 1 is 1.45 bits per heavy atom. The molecule has 0 spiro atoms. The number of carbonyl (C=O) groups is 1. The third-order valence-electron chi connectivity index (χ3n) is 4.09. The van der Waals surface area contributed by atoms with Crippen LogP contribution in [0.25, 0.3) is 0 Å². The van der Waals surface area contributed by atoms with E-state index in [1.807, 2.05) is 11.6 Å². The van der Waals surface area contributed by atoms with Gasteiger partial charge in [0.2, 0.25) is 0 Å². The third kappa shape index (κ3) is 3.41. The Morgan fingerprint density at radius 2 is 2.10 bits per heavy atom. The summed E-state index contributed by atoms with van der Waals surface area (Å²) in [4.78, 5) is 10.9. The highest BCUT2D eigenvalue weighted by Gasteiger charge is 2.26. The third-order valence-corrected chi connectivity index (χ3v) is 5.12. The summed E-state index contributed by atoms with van der Waals surface area (Å²) >= 11 is 3.59. The summed E-state index contributed by atoms with van der Waals surface area (Å²) in [5.74, 6) is -0.797. The van der Waals surface area contributed by atoms with E-state index in [4.69, 9.17) is 5.11 Å². The van der Waals surface area contributed by atoms with E-state index in [1.165, 1.54) is 5.69 Å². The standard InChI is InChI=1S/C14H22BrN3O2/c1-3-18-12(13(15)9(2)17-18)8-16-11-6-4-10(5-7-11)14(19)20/h10-11,16H,3-8H2,1-2H3,(H,19,20). The molecule has 1 fully saturated rings. The van der Waals surface area contributed by atoms with Gasteiger partial charge in [0.05, 0.1) is 21.8 Å². The highest BCUT2D eigenvalue weighted by molar-refractivity contribution is 9.10. The van der Waals surface area contributed by atoms with Crippen LogP contribution in [0, 0.1) is 12.8 Å². The molecule has 0 radical (unpaired) electrons. The summed E-state index contributed by atoms with van der Waals surface area (Å²) < 4.78 is 3.08. The Morgan fingerprint density at radius 3 is 2.65 bits per heavy atom. The second kappa shape index (κ2) is 6.72. The van der Waals surface area contributed by atoms with Crippen molar-refractivity contribution < 1.29 is 9.90 Å². The quantitative estimate of drug-likeness (QED) is 0.862. The van der Waals surface area contributed by atoms with Crippen LogP contribution in [0.2, 0.25) is 0 Å². The number of nitrogens with one attached hydrogen (secondary N) is 1. The minimum absolute atomic E-state index is 0.150. The molecule has 1 saturated carbocycles. The minimum atomic E-state index is -0.647. The minimum Gasteiger partial charge on any atom is -0.481 e. The maximum atomic E-state index is 10.9. The first-order chi connectivity index (χ1) is 9.52. The molecular weight excluding hydrogens is 322 g/mol. The number of halogens is 1. The van der Waals surface area contributed by atoms with Crippen LogP contribution >= 0.6 is 15.9 Å². The number of hydrogen-bond acceptors (Lipinski definition) is 3. The SMILES string of the molecule is CCn1nc(C)c(Br)c1CNC1CCC(C(=O)O)CC1. The van der Waals surface area contributed by atoms with Gasteiger partial charge < -0.3 is 10.4 Å². The summed E-state index contributed by atoms with van der Waals surface area (Å²) in [6.45, 7) is 5.71. The van der Waals surface area contributed by atoms with E-state index in [9.17, 15) is 4.79 Å². The average molecular weight is 344 g/mol. The predicted octanol–water partition coefficient (Wildman–Crippen LogP) is 2.71. The monoisotopic (exact) mass is 343 g/mol. The fourth-order valence-electron chi connectivity index (χ4n) is 2.82. The number of aliphatic carboxylic acids is 1. The van der Waals surface area contributed by atoms with Gasteiger partial charge in [-0.2, -0.15) is 5.10 Å². The number of aryl methyl sites for hydroxylation is 2. The molecule has 6 heteroatoms. The van der Waals surface area contributed by atoms with Gasteiger partial charge in [0, 0.05) is 19.1 Å². The van der Waals surface area contributed by atoms with Gasteiger partial charge >= 0.3 is 5.97 Å². The maximum absolute atomic E-state index is 10.9. The van der Waals surface area contributed by atoms with Crippen molar-refractivity contribution in [3.05, 3.63) is 15.9 Å². The number of aromatic nitrogens is 2. The molecule has 0 unspecified atom stereocenters. The van der Waals surface area contributed by atoms with Crippen molar-refractivity contribution in [3.63, 3.8) is 0 Å². The van der Waals surface area contributed by atoms with E-state index in [1.54, 1.807) is 0 Å².